The van der Waals surface area contributed by atoms with Crippen molar-refractivity contribution in [2.75, 3.05) is 0 Å². The molecule has 0 aliphatic rings. The number of benzene rings is 1. The summed E-state index contributed by atoms with van der Waals surface area (Å²) in [6, 6.07) is 3.15. The highest BCUT2D eigenvalue weighted by Crippen LogP contribution is 2.18. The van der Waals surface area contributed by atoms with Crippen molar-refractivity contribution in [1.82, 2.24) is 9.59 Å². The van der Waals surface area contributed by atoms with Crippen LogP contribution in [0.2, 0.25) is 0 Å². The molecular weight excluding hydrogens is 222 g/mol. The zero-order chi connectivity index (χ0) is 10.7. The standard InChI is InChI=1S/C9H6F2N2OS/c10-6-1-2-9(8(11)3-6)14-4-7-5-15-13-12-7/h1-3,5H,4H2. The Hall–Kier alpha value is -1.56. The molecule has 78 valence electrons. The second kappa shape index (κ2) is 4.31. The van der Waals surface area contributed by atoms with Gasteiger partial charge in [-0.15, -0.1) is 5.10 Å². The monoisotopic (exact) mass is 228 g/mol. The minimum atomic E-state index is -0.724. The Morgan fingerprint density at radius 1 is 1.33 bits per heavy atom. The predicted molar refractivity (Wildman–Crippen MR) is 50.6 cm³/mol. The van der Waals surface area contributed by atoms with Crippen molar-refractivity contribution in [3.05, 3.63) is 40.9 Å². The number of ether oxygens (including phenoxy) is 1. The molecule has 0 saturated heterocycles. The lowest BCUT2D eigenvalue weighted by Gasteiger charge is -2.04. The van der Waals surface area contributed by atoms with Gasteiger partial charge in [-0.05, 0) is 23.7 Å². The lowest BCUT2D eigenvalue weighted by Crippen LogP contribution is -1.98. The van der Waals surface area contributed by atoms with E-state index >= 15 is 0 Å². The van der Waals surface area contributed by atoms with Crippen LogP contribution in [0.25, 0.3) is 0 Å². The summed E-state index contributed by atoms with van der Waals surface area (Å²) in [5.74, 6) is -1.35. The van der Waals surface area contributed by atoms with Gasteiger partial charge in [0.2, 0.25) is 0 Å². The molecule has 0 radical (unpaired) electrons. The van der Waals surface area contributed by atoms with Crippen molar-refractivity contribution >= 4 is 11.5 Å². The van der Waals surface area contributed by atoms with Crippen molar-refractivity contribution in [2.24, 2.45) is 0 Å². The largest absolute Gasteiger partial charge is 0.484 e. The first-order chi connectivity index (χ1) is 7.25. The van der Waals surface area contributed by atoms with Gasteiger partial charge in [0.05, 0.1) is 0 Å². The lowest BCUT2D eigenvalue weighted by molar-refractivity contribution is 0.285. The van der Waals surface area contributed by atoms with Crippen molar-refractivity contribution in [2.45, 2.75) is 6.61 Å². The first kappa shape index (κ1) is 9.97. The zero-order valence-electron chi connectivity index (χ0n) is 7.48. The molecule has 3 nitrogen and oxygen atoms in total. The molecule has 2 rings (SSSR count). The summed E-state index contributed by atoms with van der Waals surface area (Å²) >= 11 is 1.19. The average Bonchev–Trinajstić information content (AvgIpc) is 2.69. The predicted octanol–water partition coefficient (Wildman–Crippen LogP) is 2.40. The van der Waals surface area contributed by atoms with Crippen LogP contribution < -0.4 is 4.74 Å². The zero-order valence-corrected chi connectivity index (χ0v) is 8.30. The Balaban J connectivity index is 2.05. The maximum absolute atomic E-state index is 13.1. The molecule has 0 spiro atoms. The van der Waals surface area contributed by atoms with E-state index in [4.69, 9.17) is 4.74 Å². The molecule has 1 aromatic heterocycles. The Labute approximate surface area is 88.5 Å². The number of nitrogens with zero attached hydrogens (tertiary/aromatic N) is 2. The fourth-order valence-corrected chi connectivity index (χ4v) is 1.43. The van der Waals surface area contributed by atoms with Gasteiger partial charge < -0.3 is 4.74 Å². The minimum absolute atomic E-state index is 0.00407. The van der Waals surface area contributed by atoms with E-state index in [1.807, 2.05) is 0 Å². The van der Waals surface area contributed by atoms with Crippen LogP contribution >= 0.6 is 11.5 Å². The second-order valence-electron chi connectivity index (χ2n) is 2.76. The van der Waals surface area contributed by atoms with Crippen LogP contribution in [0.3, 0.4) is 0 Å². The molecule has 6 heteroatoms. The summed E-state index contributed by atoms with van der Waals surface area (Å²) < 4.78 is 34.4. The van der Waals surface area contributed by atoms with Crippen molar-refractivity contribution in [1.29, 1.82) is 0 Å². The fourth-order valence-electron chi connectivity index (χ4n) is 0.991. The van der Waals surface area contributed by atoms with Crippen LogP contribution in [-0.2, 0) is 6.61 Å². The molecule has 0 saturated carbocycles. The van der Waals surface area contributed by atoms with Gasteiger partial charge in [0.25, 0.3) is 0 Å². The average molecular weight is 228 g/mol. The molecule has 0 fully saturated rings. The van der Waals surface area contributed by atoms with E-state index < -0.39 is 11.6 Å². The number of aromatic nitrogens is 2. The number of hydrogen-bond acceptors (Lipinski definition) is 4. The fraction of sp³-hybridized carbons (Fsp3) is 0.111. The van der Waals surface area contributed by atoms with Gasteiger partial charge >= 0.3 is 0 Å². The molecule has 0 bridgehead atoms. The van der Waals surface area contributed by atoms with Gasteiger partial charge in [-0.2, -0.15) is 0 Å². The van der Waals surface area contributed by atoms with E-state index in [1.54, 1.807) is 5.38 Å². The highest BCUT2D eigenvalue weighted by Gasteiger charge is 2.05. The van der Waals surface area contributed by atoms with Crippen LogP contribution in [0.1, 0.15) is 5.69 Å². The van der Waals surface area contributed by atoms with Crippen LogP contribution in [-0.4, -0.2) is 9.59 Å². The highest BCUT2D eigenvalue weighted by molar-refractivity contribution is 7.03. The van der Waals surface area contributed by atoms with E-state index in [2.05, 4.69) is 9.59 Å². The minimum Gasteiger partial charge on any atom is -0.484 e. The second-order valence-corrected chi connectivity index (χ2v) is 3.37. The third-order valence-corrected chi connectivity index (χ3v) is 2.23. The van der Waals surface area contributed by atoms with E-state index in [1.165, 1.54) is 17.6 Å². The summed E-state index contributed by atoms with van der Waals surface area (Å²) in [5.41, 5.74) is 0.615. The summed E-state index contributed by atoms with van der Waals surface area (Å²) in [5, 5.41) is 5.42. The molecule has 0 aliphatic heterocycles. The molecule has 0 unspecified atom stereocenters. The molecule has 1 heterocycles. The Morgan fingerprint density at radius 3 is 2.87 bits per heavy atom. The number of halogens is 2. The van der Waals surface area contributed by atoms with Crippen molar-refractivity contribution < 1.29 is 13.5 Å². The molecular formula is C9H6F2N2OS. The SMILES string of the molecule is Fc1ccc(OCc2csnn2)c(F)c1. The van der Waals surface area contributed by atoms with E-state index in [0.717, 1.165) is 12.1 Å². The van der Waals surface area contributed by atoms with Crippen molar-refractivity contribution in [3.63, 3.8) is 0 Å². The van der Waals surface area contributed by atoms with E-state index in [0.29, 0.717) is 5.69 Å². The molecule has 0 aliphatic carbocycles. The Kier molecular flexibility index (Phi) is 2.86. The van der Waals surface area contributed by atoms with Gasteiger partial charge in [-0.25, -0.2) is 8.78 Å². The van der Waals surface area contributed by atoms with E-state index in [9.17, 15) is 8.78 Å². The lowest BCUT2D eigenvalue weighted by atomic mass is 10.3. The topological polar surface area (TPSA) is 35.0 Å². The summed E-state index contributed by atoms with van der Waals surface area (Å²) in [6.45, 7) is 0.124. The maximum Gasteiger partial charge on any atom is 0.167 e. The van der Waals surface area contributed by atoms with Crippen LogP contribution in [0.4, 0.5) is 8.78 Å². The van der Waals surface area contributed by atoms with Gasteiger partial charge in [0.1, 0.15) is 18.1 Å². The van der Waals surface area contributed by atoms with Gasteiger partial charge in [-0.1, -0.05) is 4.49 Å². The third-order valence-electron chi connectivity index (χ3n) is 1.67. The van der Waals surface area contributed by atoms with Gasteiger partial charge in [0, 0.05) is 11.4 Å². The molecule has 15 heavy (non-hydrogen) atoms. The summed E-state index contributed by atoms with van der Waals surface area (Å²) in [4.78, 5) is 0. The molecule has 0 N–H and O–H groups in total. The van der Waals surface area contributed by atoms with E-state index in [-0.39, 0.29) is 12.4 Å². The maximum atomic E-state index is 13.1. The normalized spacial score (nSPS) is 10.3. The number of rotatable bonds is 3. The molecule has 2 aromatic rings. The third kappa shape index (κ3) is 2.47. The van der Waals surface area contributed by atoms with Crippen LogP contribution in [0, 0.1) is 11.6 Å². The summed E-state index contributed by atoms with van der Waals surface area (Å²) in [7, 11) is 0. The van der Waals surface area contributed by atoms with Gasteiger partial charge in [-0.3, -0.25) is 0 Å². The molecule has 1 aromatic carbocycles. The van der Waals surface area contributed by atoms with Crippen LogP contribution in [0.15, 0.2) is 23.6 Å². The Morgan fingerprint density at radius 2 is 2.20 bits per heavy atom. The first-order valence-corrected chi connectivity index (χ1v) is 4.93. The smallest absolute Gasteiger partial charge is 0.167 e. The first-order valence-electron chi connectivity index (χ1n) is 4.09. The Bertz CT molecular complexity index is 447. The van der Waals surface area contributed by atoms with Crippen LogP contribution in [0.5, 0.6) is 5.75 Å². The van der Waals surface area contributed by atoms with Gasteiger partial charge in [0.15, 0.2) is 11.6 Å². The molecule has 0 amide bonds. The molecule has 0 atom stereocenters. The number of hydrogen-bond donors (Lipinski definition) is 0. The van der Waals surface area contributed by atoms with Crippen molar-refractivity contribution in [3.8, 4) is 5.75 Å². The quantitative estimate of drug-likeness (QED) is 0.809. The summed E-state index contributed by atoms with van der Waals surface area (Å²) in [6.07, 6.45) is 0. The highest BCUT2D eigenvalue weighted by atomic mass is 32.1.